The average molecular weight is 234 g/mol. The van der Waals surface area contributed by atoms with Crippen molar-refractivity contribution in [3.63, 3.8) is 0 Å². The third-order valence-corrected chi connectivity index (χ3v) is 3.65. The summed E-state index contributed by atoms with van der Waals surface area (Å²) in [5, 5.41) is 9.63. The Morgan fingerprint density at radius 3 is 2.65 bits per heavy atom. The van der Waals surface area contributed by atoms with Crippen LogP contribution in [-0.2, 0) is 0 Å². The highest BCUT2D eigenvalue weighted by Crippen LogP contribution is 2.32. The van der Waals surface area contributed by atoms with E-state index in [0.717, 1.165) is 0 Å². The number of piperidine rings is 1. The maximum atomic E-state index is 9.63. The number of benzene rings is 1. The molecule has 1 aromatic rings. The number of rotatable bonds is 3. The van der Waals surface area contributed by atoms with Crippen LogP contribution in [0.2, 0.25) is 0 Å². The molecule has 1 fully saturated rings. The van der Waals surface area contributed by atoms with Crippen LogP contribution in [0.3, 0.4) is 0 Å². The summed E-state index contributed by atoms with van der Waals surface area (Å²) in [5.41, 5.74) is 7.32. The van der Waals surface area contributed by atoms with Crippen molar-refractivity contribution in [1.82, 2.24) is 4.90 Å². The number of hydrogen-bond acceptors (Lipinski definition) is 3. The smallest absolute Gasteiger partial charge is 0.138 e. The monoisotopic (exact) mass is 234 g/mol. The van der Waals surface area contributed by atoms with Crippen molar-refractivity contribution < 1.29 is 5.11 Å². The van der Waals surface area contributed by atoms with Gasteiger partial charge in [0.2, 0.25) is 0 Å². The van der Waals surface area contributed by atoms with Gasteiger partial charge in [-0.25, -0.2) is 0 Å². The van der Waals surface area contributed by atoms with E-state index in [4.69, 9.17) is 5.73 Å². The fourth-order valence-corrected chi connectivity index (χ4v) is 2.62. The molecule has 0 aromatic heterocycles. The van der Waals surface area contributed by atoms with Gasteiger partial charge in [-0.3, -0.25) is 0 Å². The van der Waals surface area contributed by atoms with Crippen LogP contribution in [0.25, 0.3) is 0 Å². The summed E-state index contributed by atoms with van der Waals surface area (Å²) in [7, 11) is 0. The molecular formula is C14H22N2O. The summed E-state index contributed by atoms with van der Waals surface area (Å²) in [6.07, 6.45) is 3.60. The Kier molecular flexibility index (Phi) is 3.89. The second-order valence-electron chi connectivity index (χ2n) is 4.93. The van der Waals surface area contributed by atoms with Gasteiger partial charge in [0.15, 0.2) is 0 Å². The van der Waals surface area contributed by atoms with Crippen LogP contribution in [0.4, 0.5) is 5.69 Å². The number of phenolic OH excluding ortho intramolecular Hbond substituents is 1. The van der Waals surface area contributed by atoms with E-state index in [1.807, 2.05) is 12.1 Å². The predicted octanol–water partition coefficient (Wildman–Crippen LogP) is 2.56. The van der Waals surface area contributed by atoms with Crippen molar-refractivity contribution in [2.45, 2.75) is 32.1 Å². The van der Waals surface area contributed by atoms with Crippen LogP contribution in [-0.4, -0.2) is 29.6 Å². The minimum atomic E-state index is 0.221. The van der Waals surface area contributed by atoms with Gasteiger partial charge in [0, 0.05) is 0 Å². The Balaban J connectivity index is 1.98. The third-order valence-electron chi connectivity index (χ3n) is 3.65. The first-order valence-electron chi connectivity index (χ1n) is 6.51. The second kappa shape index (κ2) is 5.41. The predicted molar refractivity (Wildman–Crippen MR) is 71.2 cm³/mol. The number of likely N-dealkylation sites (tertiary alicyclic amines) is 1. The molecule has 0 spiro atoms. The van der Waals surface area contributed by atoms with Crippen molar-refractivity contribution in [3.05, 3.63) is 23.8 Å². The molecule has 1 aromatic carbocycles. The van der Waals surface area contributed by atoms with E-state index in [-0.39, 0.29) is 5.75 Å². The van der Waals surface area contributed by atoms with Gasteiger partial charge >= 0.3 is 0 Å². The van der Waals surface area contributed by atoms with E-state index < -0.39 is 0 Å². The van der Waals surface area contributed by atoms with Crippen LogP contribution >= 0.6 is 0 Å². The summed E-state index contributed by atoms with van der Waals surface area (Å²) in [5.74, 6) is 0.799. The molecule has 0 radical (unpaired) electrons. The van der Waals surface area contributed by atoms with Gasteiger partial charge in [-0.15, -0.1) is 0 Å². The molecule has 0 amide bonds. The van der Waals surface area contributed by atoms with Gasteiger partial charge in [-0.05, 0) is 62.5 Å². The second-order valence-corrected chi connectivity index (χ2v) is 4.93. The lowest BCUT2D eigenvalue weighted by atomic mass is 9.89. The first-order valence-corrected chi connectivity index (χ1v) is 6.51. The summed E-state index contributed by atoms with van der Waals surface area (Å²) < 4.78 is 0. The molecule has 17 heavy (non-hydrogen) atoms. The van der Waals surface area contributed by atoms with Gasteiger partial charge in [0.05, 0.1) is 5.69 Å². The lowest BCUT2D eigenvalue weighted by molar-refractivity contribution is 0.212. The number of nitrogens with zero attached hydrogens (tertiary/aromatic N) is 1. The van der Waals surface area contributed by atoms with Gasteiger partial charge in [-0.1, -0.05) is 13.0 Å². The molecule has 1 aliphatic rings. The van der Waals surface area contributed by atoms with E-state index in [0.29, 0.717) is 11.6 Å². The maximum absolute atomic E-state index is 9.63. The molecule has 3 heteroatoms. The van der Waals surface area contributed by atoms with E-state index >= 15 is 0 Å². The van der Waals surface area contributed by atoms with E-state index in [1.54, 1.807) is 0 Å². The zero-order chi connectivity index (χ0) is 12.3. The Hall–Kier alpha value is -1.22. The lowest BCUT2D eigenvalue weighted by Gasteiger charge is -2.32. The fourth-order valence-electron chi connectivity index (χ4n) is 2.62. The maximum Gasteiger partial charge on any atom is 0.138 e. The number of aromatic hydroxyl groups is 1. The molecule has 2 rings (SSSR count). The molecule has 1 saturated heterocycles. The number of hydrogen-bond donors (Lipinski definition) is 2. The number of phenols is 1. The molecule has 1 aliphatic heterocycles. The van der Waals surface area contributed by atoms with Crippen molar-refractivity contribution in [1.29, 1.82) is 0 Å². The first-order chi connectivity index (χ1) is 8.20. The van der Waals surface area contributed by atoms with Crippen molar-refractivity contribution in [3.8, 4) is 5.75 Å². The van der Waals surface area contributed by atoms with E-state index in [9.17, 15) is 5.11 Å². The Morgan fingerprint density at radius 2 is 2.06 bits per heavy atom. The van der Waals surface area contributed by atoms with Crippen LogP contribution in [0.15, 0.2) is 18.2 Å². The molecule has 94 valence electrons. The van der Waals surface area contributed by atoms with Crippen LogP contribution in [0.1, 0.15) is 37.7 Å². The molecule has 0 bridgehead atoms. The molecule has 1 heterocycles. The minimum absolute atomic E-state index is 0.221. The van der Waals surface area contributed by atoms with Gasteiger partial charge in [-0.2, -0.15) is 0 Å². The standard InChI is InChI=1S/C14H22N2O/c1-2-7-16-8-5-11(6-9-16)12-3-4-13(15)14(17)10-12/h3-4,10-11,17H,2,5-9,15H2,1H3. The first kappa shape index (κ1) is 12.2. The van der Waals surface area contributed by atoms with Gasteiger partial charge in [0.1, 0.15) is 5.75 Å². The number of nitrogen functional groups attached to an aromatic ring is 1. The molecule has 0 aliphatic carbocycles. The summed E-state index contributed by atoms with van der Waals surface area (Å²) >= 11 is 0. The summed E-state index contributed by atoms with van der Waals surface area (Å²) in [6, 6.07) is 5.69. The quantitative estimate of drug-likeness (QED) is 0.624. The topological polar surface area (TPSA) is 49.5 Å². The number of nitrogens with two attached hydrogens (primary N) is 1. The zero-order valence-corrected chi connectivity index (χ0v) is 10.5. The Labute approximate surface area is 103 Å². The van der Waals surface area contributed by atoms with Crippen molar-refractivity contribution in [2.75, 3.05) is 25.4 Å². The normalized spacial score (nSPS) is 18.4. The van der Waals surface area contributed by atoms with Crippen LogP contribution < -0.4 is 5.73 Å². The number of anilines is 1. The van der Waals surface area contributed by atoms with E-state index in [1.165, 1.54) is 44.5 Å². The Morgan fingerprint density at radius 1 is 1.35 bits per heavy atom. The molecule has 0 atom stereocenters. The lowest BCUT2D eigenvalue weighted by Crippen LogP contribution is -2.33. The fraction of sp³-hybridized carbons (Fsp3) is 0.571. The summed E-state index contributed by atoms with van der Waals surface area (Å²) in [6.45, 7) is 5.77. The highest BCUT2D eigenvalue weighted by atomic mass is 16.3. The van der Waals surface area contributed by atoms with Crippen molar-refractivity contribution in [2.24, 2.45) is 0 Å². The minimum Gasteiger partial charge on any atom is -0.506 e. The molecule has 3 nitrogen and oxygen atoms in total. The molecular weight excluding hydrogens is 212 g/mol. The Bertz CT molecular complexity index is 370. The molecule has 0 unspecified atom stereocenters. The van der Waals surface area contributed by atoms with Crippen molar-refractivity contribution >= 4 is 5.69 Å². The molecule has 0 saturated carbocycles. The van der Waals surface area contributed by atoms with Crippen LogP contribution in [0.5, 0.6) is 5.75 Å². The third kappa shape index (κ3) is 2.91. The molecule has 3 N–H and O–H groups in total. The summed E-state index contributed by atoms with van der Waals surface area (Å²) in [4.78, 5) is 2.52. The highest BCUT2D eigenvalue weighted by molar-refractivity contribution is 5.53. The van der Waals surface area contributed by atoms with Gasteiger partial charge < -0.3 is 15.7 Å². The van der Waals surface area contributed by atoms with Gasteiger partial charge in [0.25, 0.3) is 0 Å². The van der Waals surface area contributed by atoms with E-state index in [2.05, 4.69) is 17.9 Å². The SMILES string of the molecule is CCCN1CCC(c2ccc(N)c(O)c2)CC1. The largest absolute Gasteiger partial charge is 0.506 e. The zero-order valence-electron chi connectivity index (χ0n) is 10.5. The van der Waals surface area contributed by atoms with Crippen LogP contribution in [0, 0.1) is 0 Å². The average Bonchev–Trinajstić information content (AvgIpc) is 2.34. The highest BCUT2D eigenvalue weighted by Gasteiger charge is 2.20.